The second kappa shape index (κ2) is 16.3. The number of carbonyl (C=O) groups is 3. The topological polar surface area (TPSA) is 153 Å². The average Bonchev–Trinajstić information content (AvgIpc) is 3.41. The lowest BCUT2D eigenvalue weighted by Crippen LogP contribution is -2.62. The summed E-state index contributed by atoms with van der Waals surface area (Å²) in [5, 5.41) is 23.0. The summed E-state index contributed by atoms with van der Waals surface area (Å²) in [6, 6.07) is 4.49. The van der Waals surface area contributed by atoms with Gasteiger partial charge in [0, 0.05) is 49.7 Å². The summed E-state index contributed by atoms with van der Waals surface area (Å²) in [5.41, 5.74) is 0.383. The molecular weight excluding hydrogens is 609 g/mol. The molecule has 47 heavy (non-hydrogen) atoms. The molecule has 13 nitrogen and oxygen atoms in total. The van der Waals surface area contributed by atoms with Crippen LogP contribution in [0.3, 0.4) is 0 Å². The fourth-order valence-corrected chi connectivity index (χ4v) is 6.59. The Balaban J connectivity index is 0.000000913. The van der Waals surface area contributed by atoms with Gasteiger partial charge in [0.25, 0.3) is 11.8 Å². The summed E-state index contributed by atoms with van der Waals surface area (Å²) >= 11 is 0. The van der Waals surface area contributed by atoms with Gasteiger partial charge in [0.1, 0.15) is 17.9 Å². The maximum absolute atomic E-state index is 14.3. The van der Waals surface area contributed by atoms with Crippen LogP contribution < -0.4 is 9.64 Å². The first kappa shape index (κ1) is 37.5. The fraction of sp³-hybridized carbons (Fsp3) is 0.636. The molecule has 2 saturated heterocycles. The van der Waals surface area contributed by atoms with Crippen LogP contribution in [0.25, 0.3) is 0 Å². The van der Waals surface area contributed by atoms with Crippen molar-refractivity contribution in [2.45, 2.75) is 78.9 Å². The van der Waals surface area contributed by atoms with E-state index in [1.807, 2.05) is 27.7 Å². The quantitative estimate of drug-likeness (QED) is 0.316. The second-order valence-electron chi connectivity index (χ2n) is 13.7. The minimum absolute atomic E-state index is 0.0570. The summed E-state index contributed by atoms with van der Waals surface area (Å²) in [6.45, 7) is 17.4. The van der Waals surface area contributed by atoms with Crippen LogP contribution in [-0.2, 0) is 9.59 Å². The number of aliphatic carboxylic acids is 2. The zero-order valence-electron chi connectivity index (χ0n) is 28.8. The molecule has 1 aromatic heterocycles. The fourth-order valence-electron chi connectivity index (χ4n) is 6.59. The van der Waals surface area contributed by atoms with Crippen LogP contribution >= 0.6 is 0 Å². The zero-order chi connectivity index (χ0) is 35.1. The lowest BCUT2D eigenvalue weighted by molar-refractivity contribution is -0.159. The molecule has 1 unspecified atom stereocenters. The smallest absolute Gasteiger partial charge is 0.414 e. The van der Waals surface area contributed by atoms with Gasteiger partial charge in [-0.3, -0.25) is 9.69 Å². The number of likely N-dealkylation sites (tertiary alicyclic amines) is 1. The number of carboxylic acids is 2. The molecule has 1 atom stereocenters. The highest BCUT2D eigenvalue weighted by molar-refractivity contribution is 6.27. The molecule has 260 valence electrons. The molecule has 3 heterocycles. The first-order valence-corrected chi connectivity index (χ1v) is 16.1. The lowest BCUT2D eigenvalue weighted by atomic mass is 9.76. The van der Waals surface area contributed by atoms with Crippen LogP contribution in [-0.4, -0.2) is 123 Å². The molecule has 2 N–H and O–H groups in total. The van der Waals surface area contributed by atoms with Gasteiger partial charge in [-0.25, -0.2) is 19.0 Å². The van der Waals surface area contributed by atoms with Crippen LogP contribution in [0.1, 0.15) is 71.2 Å². The number of nitrogens with zero attached hydrogens (tertiary/aromatic N) is 7. The third kappa shape index (κ3) is 9.80. The standard InChI is InChI=1S/C31H48FN7O2.C2H2O4/c1-21(2)26(10-9-14-36(7)8)38-18-31(19-38)13-15-37(17-31)28-29(35-34-20-33-28)41-27-12-11-24(32)16-25(27)30(40)39(22(3)4)23(5)6;3-1(4)2(5)6/h11-12,16,20-23,26H,9-10,13-15,17-19H2,1-8H3;(H,3,4)(H,5,6). The summed E-state index contributed by atoms with van der Waals surface area (Å²) in [7, 11) is 4.27. The van der Waals surface area contributed by atoms with Crippen LogP contribution in [0.5, 0.6) is 11.6 Å². The van der Waals surface area contributed by atoms with Crippen molar-refractivity contribution in [1.29, 1.82) is 0 Å². The van der Waals surface area contributed by atoms with E-state index in [1.165, 1.54) is 37.4 Å². The van der Waals surface area contributed by atoms with Gasteiger partial charge in [-0.2, -0.15) is 0 Å². The second-order valence-corrected chi connectivity index (χ2v) is 13.7. The van der Waals surface area contributed by atoms with E-state index in [-0.39, 0.29) is 40.6 Å². The number of carbonyl (C=O) groups excluding carboxylic acids is 1. The van der Waals surface area contributed by atoms with Crippen LogP contribution in [0.4, 0.5) is 10.2 Å². The van der Waals surface area contributed by atoms with E-state index in [0.717, 1.165) is 39.1 Å². The Hall–Kier alpha value is -3.91. The van der Waals surface area contributed by atoms with E-state index < -0.39 is 17.8 Å². The monoisotopic (exact) mass is 659 g/mol. The first-order valence-electron chi connectivity index (χ1n) is 16.1. The molecule has 1 spiro atoms. The molecule has 2 aliphatic rings. The van der Waals surface area contributed by atoms with Crippen molar-refractivity contribution in [2.75, 3.05) is 51.7 Å². The van der Waals surface area contributed by atoms with Crippen molar-refractivity contribution in [3.63, 3.8) is 0 Å². The average molecular weight is 660 g/mol. The molecule has 1 aromatic carbocycles. The number of halogens is 1. The third-order valence-corrected chi connectivity index (χ3v) is 8.64. The summed E-state index contributed by atoms with van der Waals surface area (Å²) in [4.78, 5) is 45.1. The minimum Gasteiger partial charge on any atom is -0.473 e. The number of hydrogen-bond donors (Lipinski definition) is 2. The molecule has 2 fully saturated rings. The minimum atomic E-state index is -1.82. The van der Waals surface area contributed by atoms with Gasteiger partial charge in [0.2, 0.25) is 0 Å². The summed E-state index contributed by atoms with van der Waals surface area (Å²) in [6.07, 6.45) is 4.93. The van der Waals surface area contributed by atoms with Gasteiger partial charge in [-0.15, -0.1) is 10.2 Å². The van der Waals surface area contributed by atoms with Crippen molar-refractivity contribution >= 4 is 23.7 Å². The molecule has 0 saturated carbocycles. The van der Waals surface area contributed by atoms with Gasteiger partial charge < -0.3 is 29.6 Å². The van der Waals surface area contributed by atoms with Crippen LogP contribution in [0.15, 0.2) is 24.5 Å². The number of anilines is 1. The Labute approximate surface area is 276 Å². The number of ether oxygens (including phenoxy) is 1. The number of amides is 1. The van der Waals surface area contributed by atoms with Crippen molar-refractivity contribution in [3.05, 3.63) is 35.9 Å². The maximum atomic E-state index is 14.3. The number of benzene rings is 1. The predicted molar refractivity (Wildman–Crippen MR) is 175 cm³/mol. The Bertz CT molecular complexity index is 1360. The van der Waals surface area contributed by atoms with Gasteiger partial charge in [0.15, 0.2) is 5.82 Å². The van der Waals surface area contributed by atoms with E-state index in [0.29, 0.717) is 17.8 Å². The lowest BCUT2D eigenvalue weighted by Gasteiger charge is -2.53. The van der Waals surface area contributed by atoms with E-state index >= 15 is 0 Å². The van der Waals surface area contributed by atoms with Gasteiger partial charge in [-0.05, 0) is 91.7 Å². The number of rotatable bonds is 12. The number of aromatic nitrogens is 3. The molecular formula is C33H50FN7O6. The normalized spacial score (nSPS) is 16.3. The van der Waals surface area contributed by atoms with E-state index in [2.05, 4.69) is 57.8 Å². The maximum Gasteiger partial charge on any atom is 0.414 e. The van der Waals surface area contributed by atoms with Crippen molar-refractivity contribution in [1.82, 2.24) is 29.9 Å². The predicted octanol–water partition coefficient (Wildman–Crippen LogP) is 4.10. The van der Waals surface area contributed by atoms with Crippen molar-refractivity contribution in [3.8, 4) is 11.6 Å². The summed E-state index contributed by atoms with van der Waals surface area (Å²) < 4.78 is 20.5. The van der Waals surface area contributed by atoms with Gasteiger partial charge in [-0.1, -0.05) is 13.8 Å². The molecule has 0 bridgehead atoms. The van der Waals surface area contributed by atoms with Crippen molar-refractivity contribution < 1.29 is 33.7 Å². The Morgan fingerprint density at radius 1 is 1.02 bits per heavy atom. The van der Waals surface area contributed by atoms with Crippen molar-refractivity contribution in [2.24, 2.45) is 11.3 Å². The van der Waals surface area contributed by atoms with E-state index in [1.54, 1.807) is 4.90 Å². The van der Waals surface area contributed by atoms with Crippen LogP contribution in [0.2, 0.25) is 0 Å². The Kier molecular flexibility index (Phi) is 13.0. The molecule has 0 aliphatic carbocycles. The highest BCUT2D eigenvalue weighted by Crippen LogP contribution is 2.44. The Morgan fingerprint density at radius 3 is 2.21 bits per heavy atom. The third-order valence-electron chi connectivity index (χ3n) is 8.64. The van der Waals surface area contributed by atoms with Gasteiger partial charge in [0.05, 0.1) is 5.56 Å². The molecule has 1 amide bonds. The van der Waals surface area contributed by atoms with Crippen LogP contribution in [0, 0.1) is 17.2 Å². The molecule has 0 radical (unpaired) electrons. The first-order chi connectivity index (χ1) is 22.0. The molecule has 2 aromatic rings. The SMILES string of the molecule is CC(C)C(CCCN(C)C)N1CC2(CCN(c3ncnnc3Oc3ccc(F)cc3C(=O)N(C(C)C)C(C)C)C2)C1.O=C(O)C(=O)O. The summed E-state index contributed by atoms with van der Waals surface area (Å²) in [5.74, 6) is -2.74. The Morgan fingerprint density at radius 2 is 1.66 bits per heavy atom. The highest BCUT2D eigenvalue weighted by Gasteiger charge is 2.50. The van der Waals surface area contributed by atoms with E-state index in [9.17, 15) is 9.18 Å². The molecule has 4 rings (SSSR count). The number of hydrogen-bond acceptors (Lipinski definition) is 10. The largest absolute Gasteiger partial charge is 0.473 e. The zero-order valence-corrected chi connectivity index (χ0v) is 28.8. The molecule has 14 heteroatoms. The van der Waals surface area contributed by atoms with Gasteiger partial charge >= 0.3 is 11.9 Å². The van der Waals surface area contributed by atoms with E-state index in [4.69, 9.17) is 24.5 Å². The number of carboxylic acid groups (broad SMARTS) is 2. The molecule has 2 aliphatic heterocycles. The highest BCUT2D eigenvalue weighted by atomic mass is 19.1.